The van der Waals surface area contributed by atoms with E-state index in [1.165, 1.54) is 0 Å². The van der Waals surface area contributed by atoms with E-state index in [9.17, 15) is 9.90 Å². The Morgan fingerprint density at radius 2 is 2.10 bits per heavy atom. The molecule has 0 spiro atoms. The van der Waals surface area contributed by atoms with Gasteiger partial charge in [-0.3, -0.25) is 4.68 Å². The van der Waals surface area contributed by atoms with Gasteiger partial charge in [-0.25, -0.2) is 9.78 Å². The number of aromatic nitrogens is 3. The van der Waals surface area contributed by atoms with E-state index in [2.05, 4.69) is 20.7 Å². The molecule has 20 heavy (non-hydrogen) atoms. The molecule has 0 saturated heterocycles. The van der Waals surface area contributed by atoms with E-state index in [-0.39, 0.29) is 23.9 Å². The van der Waals surface area contributed by atoms with Crippen LogP contribution >= 0.6 is 0 Å². The van der Waals surface area contributed by atoms with Crippen LogP contribution in [0, 0.1) is 11.3 Å². The van der Waals surface area contributed by atoms with Gasteiger partial charge in [0.1, 0.15) is 6.33 Å². The highest BCUT2D eigenvalue weighted by Crippen LogP contribution is 2.24. The molecule has 1 rings (SSSR count). The van der Waals surface area contributed by atoms with Gasteiger partial charge in [-0.2, -0.15) is 5.10 Å². The average Bonchev–Trinajstić information content (AvgIpc) is 2.78. The van der Waals surface area contributed by atoms with Gasteiger partial charge >= 0.3 is 6.03 Å². The molecule has 0 fully saturated rings. The highest BCUT2D eigenvalue weighted by atomic mass is 16.3. The number of aryl methyl sites for hydroxylation is 1. The molecule has 1 heterocycles. The van der Waals surface area contributed by atoms with E-state index >= 15 is 0 Å². The molecule has 7 nitrogen and oxygen atoms in total. The van der Waals surface area contributed by atoms with Gasteiger partial charge in [-0.15, -0.1) is 0 Å². The second-order valence-corrected chi connectivity index (χ2v) is 6.05. The van der Waals surface area contributed by atoms with Crippen molar-refractivity contribution >= 4 is 6.03 Å². The number of aliphatic hydroxyl groups excluding tert-OH is 1. The molecule has 1 unspecified atom stereocenters. The van der Waals surface area contributed by atoms with E-state index in [4.69, 9.17) is 0 Å². The molecule has 0 aliphatic heterocycles. The lowest BCUT2D eigenvalue weighted by Gasteiger charge is -2.33. The molecule has 0 saturated carbocycles. The van der Waals surface area contributed by atoms with Crippen molar-refractivity contribution in [2.24, 2.45) is 18.4 Å². The van der Waals surface area contributed by atoms with Crippen molar-refractivity contribution in [3.05, 3.63) is 12.2 Å². The molecule has 7 heteroatoms. The minimum Gasteiger partial charge on any atom is -0.392 e. The topological polar surface area (TPSA) is 92.1 Å². The van der Waals surface area contributed by atoms with Gasteiger partial charge in [-0.05, 0) is 5.92 Å². The van der Waals surface area contributed by atoms with Crippen molar-refractivity contribution in [3.8, 4) is 0 Å². The highest BCUT2D eigenvalue weighted by molar-refractivity contribution is 5.73. The zero-order valence-electron chi connectivity index (χ0n) is 12.8. The number of rotatable bonds is 6. The van der Waals surface area contributed by atoms with Crippen LogP contribution in [-0.4, -0.2) is 38.6 Å². The number of aliphatic hydroxyl groups is 1. The Balaban J connectivity index is 2.36. The van der Waals surface area contributed by atoms with Gasteiger partial charge in [0.15, 0.2) is 5.82 Å². The molecule has 0 radical (unpaired) electrons. The molecule has 3 N–H and O–H groups in total. The molecule has 0 bridgehead atoms. The van der Waals surface area contributed by atoms with Gasteiger partial charge in [0.05, 0.1) is 12.6 Å². The Labute approximate surface area is 119 Å². The van der Waals surface area contributed by atoms with Crippen molar-refractivity contribution in [1.29, 1.82) is 0 Å². The fraction of sp³-hybridized carbons (Fsp3) is 0.769. The third kappa shape index (κ3) is 4.80. The second kappa shape index (κ2) is 6.69. The SMILES string of the molecule is CC(C)C(O)C(C)(C)CNC(=O)NCc1ncn(C)n1. The first-order chi connectivity index (χ1) is 9.22. The Kier molecular flexibility index (Phi) is 5.50. The molecule has 114 valence electrons. The molecule has 1 aromatic rings. The van der Waals surface area contributed by atoms with Crippen molar-refractivity contribution in [3.63, 3.8) is 0 Å². The van der Waals surface area contributed by atoms with Gasteiger partial charge < -0.3 is 15.7 Å². The normalized spacial score (nSPS) is 13.3. The summed E-state index contributed by atoms with van der Waals surface area (Å²) in [5, 5.41) is 19.6. The first-order valence-corrected chi connectivity index (χ1v) is 6.76. The summed E-state index contributed by atoms with van der Waals surface area (Å²) in [6.45, 7) is 8.45. The van der Waals surface area contributed by atoms with Crippen LogP contribution < -0.4 is 10.6 Å². The number of carbonyl (C=O) groups excluding carboxylic acids is 1. The Morgan fingerprint density at radius 1 is 1.45 bits per heavy atom. The zero-order chi connectivity index (χ0) is 15.3. The quantitative estimate of drug-likeness (QED) is 0.715. The lowest BCUT2D eigenvalue weighted by molar-refractivity contribution is 0.0151. The summed E-state index contributed by atoms with van der Waals surface area (Å²) >= 11 is 0. The standard InChI is InChI=1S/C13H25N5O2/c1-9(2)11(19)13(3,4)7-15-12(20)14-6-10-16-8-18(5)17-10/h8-9,11,19H,6-7H2,1-5H3,(H2,14,15,20). The van der Waals surface area contributed by atoms with Crippen molar-refractivity contribution in [2.45, 2.75) is 40.3 Å². The van der Waals surface area contributed by atoms with Crippen LogP contribution in [0.3, 0.4) is 0 Å². The van der Waals surface area contributed by atoms with E-state index in [1.807, 2.05) is 27.7 Å². The smallest absolute Gasteiger partial charge is 0.315 e. The summed E-state index contributed by atoms with van der Waals surface area (Å²) in [4.78, 5) is 15.7. The predicted octanol–water partition coefficient (Wildman–Crippen LogP) is 0.657. The lowest BCUT2D eigenvalue weighted by Crippen LogP contribution is -2.46. The number of nitrogens with zero attached hydrogens (tertiary/aromatic N) is 3. The van der Waals surface area contributed by atoms with Gasteiger partial charge in [0.2, 0.25) is 0 Å². The van der Waals surface area contributed by atoms with E-state index in [1.54, 1.807) is 18.1 Å². The summed E-state index contributed by atoms with van der Waals surface area (Å²) < 4.78 is 1.58. The van der Waals surface area contributed by atoms with E-state index in [0.29, 0.717) is 12.4 Å². The average molecular weight is 283 g/mol. The Morgan fingerprint density at radius 3 is 2.60 bits per heavy atom. The van der Waals surface area contributed by atoms with Crippen LogP contribution in [0.2, 0.25) is 0 Å². The summed E-state index contributed by atoms with van der Waals surface area (Å²) in [7, 11) is 1.77. The molecule has 0 aliphatic rings. The molecule has 1 atom stereocenters. The van der Waals surface area contributed by atoms with E-state index in [0.717, 1.165) is 0 Å². The number of amides is 2. The monoisotopic (exact) mass is 283 g/mol. The van der Waals surface area contributed by atoms with Crippen molar-refractivity contribution in [1.82, 2.24) is 25.4 Å². The minimum absolute atomic E-state index is 0.146. The maximum absolute atomic E-state index is 11.7. The molecule has 0 aromatic carbocycles. The predicted molar refractivity (Wildman–Crippen MR) is 75.9 cm³/mol. The highest BCUT2D eigenvalue weighted by Gasteiger charge is 2.30. The van der Waals surface area contributed by atoms with Gasteiger partial charge in [-0.1, -0.05) is 27.7 Å². The molecule has 1 aromatic heterocycles. The second-order valence-electron chi connectivity index (χ2n) is 6.05. The number of nitrogens with one attached hydrogen (secondary N) is 2. The fourth-order valence-corrected chi connectivity index (χ4v) is 2.00. The number of carbonyl (C=O) groups is 1. The summed E-state index contributed by atoms with van der Waals surface area (Å²) in [5.74, 6) is 0.705. The van der Waals surface area contributed by atoms with Crippen molar-refractivity contribution in [2.75, 3.05) is 6.54 Å². The first kappa shape index (κ1) is 16.4. The molecule has 2 amide bonds. The molecule has 0 aliphatic carbocycles. The van der Waals surface area contributed by atoms with Crippen LogP contribution in [0.1, 0.15) is 33.5 Å². The van der Waals surface area contributed by atoms with Crippen LogP contribution in [-0.2, 0) is 13.6 Å². The van der Waals surface area contributed by atoms with Gasteiger partial charge in [0.25, 0.3) is 0 Å². The fourth-order valence-electron chi connectivity index (χ4n) is 2.00. The number of hydrogen-bond acceptors (Lipinski definition) is 4. The summed E-state index contributed by atoms with van der Waals surface area (Å²) in [6, 6.07) is -0.290. The third-order valence-electron chi connectivity index (χ3n) is 3.19. The maximum Gasteiger partial charge on any atom is 0.315 e. The first-order valence-electron chi connectivity index (χ1n) is 6.76. The minimum atomic E-state index is -0.472. The largest absolute Gasteiger partial charge is 0.392 e. The van der Waals surface area contributed by atoms with Crippen LogP contribution in [0.5, 0.6) is 0 Å². The summed E-state index contributed by atoms with van der Waals surface area (Å²) in [6.07, 6.45) is 1.11. The van der Waals surface area contributed by atoms with Crippen LogP contribution in [0.15, 0.2) is 6.33 Å². The molecular formula is C13H25N5O2. The Hall–Kier alpha value is -1.63. The maximum atomic E-state index is 11.7. The van der Waals surface area contributed by atoms with Crippen LogP contribution in [0.25, 0.3) is 0 Å². The van der Waals surface area contributed by atoms with E-state index < -0.39 is 6.10 Å². The van der Waals surface area contributed by atoms with Crippen molar-refractivity contribution < 1.29 is 9.90 Å². The summed E-state index contributed by atoms with van der Waals surface area (Å²) in [5.41, 5.74) is -0.380. The van der Waals surface area contributed by atoms with Gasteiger partial charge in [0, 0.05) is 19.0 Å². The zero-order valence-corrected chi connectivity index (χ0v) is 12.8. The number of hydrogen-bond donors (Lipinski definition) is 3. The lowest BCUT2D eigenvalue weighted by atomic mass is 9.81. The Bertz CT molecular complexity index is 442. The van der Waals surface area contributed by atoms with Crippen LogP contribution in [0.4, 0.5) is 4.79 Å². The third-order valence-corrected chi connectivity index (χ3v) is 3.19. The number of urea groups is 1. The molecular weight excluding hydrogens is 258 g/mol.